The highest BCUT2D eigenvalue weighted by Crippen LogP contribution is 2.42. The number of nitrogens with zero attached hydrogens (tertiary/aromatic N) is 1. The first kappa shape index (κ1) is 22.8. The fraction of sp³-hybridized carbons (Fsp3) is 0.208. The van der Waals surface area contributed by atoms with Crippen molar-refractivity contribution in [3.05, 3.63) is 71.8 Å². The van der Waals surface area contributed by atoms with Crippen LogP contribution in [-0.2, 0) is 14.8 Å². The monoisotopic (exact) mass is 468 g/mol. The average Bonchev–Trinajstić information content (AvgIpc) is 2.92. The molecule has 1 N–H and O–H groups in total. The smallest absolute Gasteiger partial charge is 0.259 e. The first-order valence-electron chi connectivity index (χ1n) is 10.3. The van der Waals surface area contributed by atoms with E-state index >= 15 is 0 Å². The van der Waals surface area contributed by atoms with Crippen LogP contribution >= 0.6 is 0 Å². The van der Waals surface area contributed by atoms with E-state index in [1.54, 1.807) is 36.4 Å². The topological polar surface area (TPSA) is 94.2 Å². The van der Waals surface area contributed by atoms with Crippen LogP contribution in [0.3, 0.4) is 0 Å². The molecule has 8 nitrogen and oxygen atoms in total. The van der Waals surface area contributed by atoms with Crippen molar-refractivity contribution in [3.8, 4) is 23.0 Å². The molecular formula is C24H24N2O6S. The standard InChI is InChI=1S/C24H24N2O6S/c1-16-9-10-20-19(13-16)25-24(27)18-14-23(33(28,29)26(2)11-12-30-3)22(15-21(18)32-20)31-17-7-5-4-6-8-17/h4-10,13-15H,11-12H2,1-3H3,(H,25,27). The highest BCUT2D eigenvalue weighted by molar-refractivity contribution is 7.89. The Kier molecular flexibility index (Phi) is 6.37. The number of anilines is 1. The van der Waals surface area contributed by atoms with Crippen LogP contribution in [0.5, 0.6) is 23.0 Å². The van der Waals surface area contributed by atoms with E-state index in [0.717, 1.165) is 9.87 Å². The molecule has 1 amide bonds. The van der Waals surface area contributed by atoms with Gasteiger partial charge in [-0.2, -0.15) is 4.31 Å². The van der Waals surface area contributed by atoms with Crippen molar-refractivity contribution in [3.63, 3.8) is 0 Å². The number of likely N-dealkylation sites (N-methyl/N-ethyl adjacent to an activating group) is 1. The quantitative estimate of drug-likeness (QED) is 0.552. The number of carbonyl (C=O) groups is 1. The third kappa shape index (κ3) is 4.70. The maximum atomic E-state index is 13.4. The van der Waals surface area contributed by atoms with E-state index < -0.39 is 15.9 Å². The lowest BCUT2D eigenvalue weighted by molar-refractivity contribution is 0.102. The summed E-state index contributed by atoms with van der Waals surface area (Å²) in [5.41, 5.74) is 1.53. The van der Waals surface area contributed by atoms with Gasteiger partial charge in [-0.25, -0.2) is 8.42 Å². The molecule has 172 valence electrons. The van der Waals surface area contributed by atoms with Crippen LogP contribution in [0.2, 0.25) is 0 Å². The van der Waals surface area contributed by atoms with Gasteiger partial charge < -0.3 is 19.5 Å². The summed E-state index contributed by atoms with van der Waals surface area (Å²) in [4.78, 5) is 12.9. The molecule has 1 heterocycles. The molecule has 4 rings (SSSR count). The zero-order valence-corrected chi connectivity index (χ0v) is 19.3. The van der Waals surface area contributed by atoms with E-state index in [9.17, 15) is 13.2 Å². The molecule has 1 aliphatic rings. The summed E-state index contributed by atoms with van der Waals surface area (Å²) in [7, 11) is -1.07. The molecule has 0 saturated heterocycles. The summed E-state index contributed by atoms with van der Waals surface area (Å²) < 4.78 is 44.9. The summed E-state index contributed by atoms with van der Waals surface area (Å²) in [6.45, 7) is 2.25. The number of fused-ring (bicyclic) bond motifs is 2. The van der Waals surface area contributed by atoms with Gasteiger partial charge in [-0.05, 0) is 42.8 Å². The highest BCUT2D eigenvalue weighted by Gasteiger charge is 2.31. The molecular weight excluding hydrogens is 444 g/mol. The Morgan fingerprint density at radius 3 is 2.52 bits per heavy atom. The second kappa shape index (κ2) is 9.22. The lowest BCUT2D eigenvalue weighted by Crippen LogP contribution is -2.30. The number of carbonyl (C=O) groups excluding carboxylic acids is 1. The molecule has 3 aromatic rings. The molecule has 0 spiro atoms. The van der Waals surface area contributed by atoms with Gasteiger partial charge in [-0.15, -0.1) is 0 Å². The van der Waals surface area contributed by atoms with Crippen LogP contribution in [0, 0.1) is 6.92 Å². The van der Waals surface area contributed by atoms with Crippen molar-refractivity contribution in [2.75, 3.05) is 32.6 Å². The Hall–Kier alpha value is -3.40. The van der Waals surface area contributed by atoms with Crippen LogP contribution < -0.4 is 14.8 Å². The Balaban J connectivity index is 1.85. The maximum absolute atomic E-state index is 13.4. The first-order valence-corrected chi connectivity index (χ1v) is 11.7. The van der Waals surface area contributed by atoms with Gasteiger partial charge in [-0.3, -0.25) is 4.79 Å². The van der Waals surface area contributed by atoms with E-state index in [2.05, 4.69) is 5.32 Å². The third-order valence-corrected chi connectivity index (χ3v) is 7.04. The first-order chi connectivity index (χ1) is 15.8. The molecule has 0 fully saturated rings. The minimum atomic E-state index is -4.01. The number of nitrogens with one attached hydrogen (secondary N) is 1. The number of aryl methyl sites for hydroxylation is 1. The molecule has 0 bridgehead atoms. The lowest BCUT2D eigenvalue weighted by atomic mass is 10.1. The number of ether oxygens (including phenoxy) is 3. The largest absolute Gasteiger partial charge is 0.456 e. The molecule has 0 atom stereocenters. The summed E-state index contributed by atoms with van der Waals surface area (Å²) in [5.74, 6) is 0.664. The molecule has 0 aromatic heterocycles. The Labute approximate surface area is 192 Å². The van der Waals surface area contributed by atoms with Crippen molar-refractivity contribution in [2.24, 2.45) is 0 Å². The molecule has 0 radical (unpaired) electrons. The number of methoxy groups -OCH3 is 1. The van der Waals surface area contributed by atoms with Crippen LogP contribution in [0.4, 0.5) is 5.69 Å². The fourth-order valence-corrected chi connectivity index (χ4v) is 4.62. The molecule has 9 heteroatoms. The summed E-state index contributed by atoms with van der Waals surface area (Å²) in [5, 5.41) is 2.80. The Morgan fingerprint density at radius 2 is 1.79 bits per heavy atom. The predicted octanol–water partition coefficient (Wildman–Crippen LogP) is 4.41. The van der Waals surface area contributed by atoms with Crippen molar-refractivity contribution in [2.45, 2.75) is 11.8 Å². The average molecular weight is 469 g/mol. The van der Waals surface area contributed by atoms with Crippen molar-refractivity contribution in [1.29, 1.82) is 0 Å². The number of para-hydroxylation sites is 1. The SMILES string of the molecule is COCCN(C)S(=O)(=O)c1cc2c(cc1Oc1ccccc1)Oc1ccc(C)cc1NC2=O. The van der Waals surface area contributed by atoms with Gasteiger partial charge in [0, 0.05) is 26.8 Å². The van der Waals surface area contributed by atoms with Gasteiger partial charge in [0.1, 0.15) is 16.4 Å². The normalized spacial score (nSPS) is 12.9. The van der Waals surface area contributed by atoms with Gasteiger partial charge in [-0.1, -0.05) is 24.3 Å². The van der Waals surface area contributed by atoms with Crippen molar-refractivity contribution in [1.82, 2.24) is 4.31 Å². The van der Waals surface area contributed by atoms with E-state index in [4.69, 9.17) is 14.2 Å². The molecule has 1 aliphatic heterocycles. The molecule has 3 aromatic carbocycles. The molecule has 0 unspecified atom stereocenters. The van der Waals surface area contributed by atoms with E-state index in [1.807, 2.05) is 19.1 Å². The number of benzene rings is 3. The number of amides is 1. The second-order valence-electron chi connectivity index (χ2n) is 7.59. The molecule has 0 aliphatic carbocycles. The summed E-state index contributed by atoms with van der Waals surface area (Å²) >= 11 is 0. The van der Waals surface area contributed by atoms with Gasteiger partial charge >= 0.3 is 0 Å². The Morgan fingerprint density at radius 1 is 1.03 bits per heavy atom. The second-order valence-corrected chi connectivity index (χ2v) is 9.60. The lowest BCUT2D eigenvalue weighted by Gasteiger charge is -2.20. The predicted molar refractivity (Wildman–Crippen MR) is 124 cm³/mol. The van der Waals surface area contributed by atoms with Crippen molar-refractivity contribution >= 4 is 21.6 Å². The molecule has 0 saturated carbocycles. The minimum Gasteiger partial charge on any atom is -0.456 e. The van der Waals surface area contributed by atoms with Crippen LogP contribution in [0.25, 0.3) is 0 Å². The van der Waals surface area contributed by atoms with E-state index in [0.29, 0.717) is 17.2 Å². The zero-order valence-electron chi connectivity index (χ0n) is 18.5. The summed E-state index contributed by atoms with van der Waals surface area (Å²) in [6.07, 6.45) is 0. The minimum absolute atomic E-state index is 0.0487. The zero-order chi connectivity index (χ0) is 23.6. The van der Waals surface area contributed by atoms with Gasteiger partial charge in [0.25, 0.3) is 5.91 Å². The fourth-order valence-electron chi connectivity index (χ4n) is 3.35. The highest BCUT2D eigenvalue weighted by atomic mass is 32.2. The number of hydrogen-bond acceptors (Lipinski definition) is 6. The van der Waals surface area contributed by atoms with Crippen LogP contribution in [-0.4, -0.2) is 45.9 Å². The van der Waals surface area contributed by atoms with Crippen LogP contribution in [0.15, 0.2) is 65.6 Å². The van der Waals surface area contributed by atoms with E-state index in [-0.39, 0.29) is 35.1 Å². The van der Waals surface area contributed by atoms with Crippen LogP contribution in [0.1, 0.15) is 15.9 Å². The number of sulfonamides is 1. The molecule has 33 heavy (non-hydrogen) atoms. The maximum Gasteiger partial charge on any atom is 0.259 e. The van der Waals surface area contributed by atoms with Gasteiger partial charge in [0.05, 0.1) is 17.9 Å². The van der Waals surface area contributed by atoms with Gasteiger partial charge in [0.15, 0.2) is 11.5 Å². The Bertz CT molecular complexity index is 1290. The third-order valence-electron chi connectivity index (χ3n) is 5.16. The van der Waals surface area contributed by atoms with Crippen molar-refractivity contribution < 1.29 is 27.4 Å². The number of hydrogen-bond donors (Lipinski definition) is 1. The summed E-state index contributed by atoms with van der Waals surface area (Å²) in [6, 6.07) is 16.9. The van der Waals surface area contributed by atoms with E-state index in [1.165, 1.54) is 26.3 Å². The van der Waals surface area contributed by atoms with Gasteiger partial charge in [0.2, 0.25) is 10.0 Å². The number of rotatable bonds is 7.